The zero-order chi connectivity index (χ0) is 18.9. The number of methoxy groups -OCH3 is 3. The normalized spacial score (nSPS) is 10.6. The molecule has 0 atom stereocenters. The second-order valence-corrected chi connectivity index (χ2v) is 5.38. The van der Waals surface area contributed by atoms with E-state index in [4.69, 9.17) is 18.9 Å². The van der Waals surface area contributed by atoms with Crippen molar-refractivity contribution in [3.8, 4) is 23.0 Å². The van der Waals surface area contributed by atoms with E-state index in [1.54, 1.807) is 42.5 Å². The van der Waals surface area contributed by atoms with Gasteiger partial charge in [-0.1, -0.05) is 12.1 Å². The van der Waals surface area contributed by atoms with Gasteiger partial charge >= 0.3 is 5.97 Å². The molecular weight excluding hydrogens is 336 g/mol. The van der Waals surface area contributed by atoms with Gasteiger partial charge in [0.15, 0.2) is 11.5 Å². The van der Waals surface area contributed by atoms with Crippen LogP contribution in [0.2, 0.25) is 0 Å². The van der Waals surface area contributed by atoms with Crippen molar-refractivity contribution in [3.05, 3.63) is 53.6 Å². The maximum atomic E-state index is 11.9. The standard InChI is InChI=1S/C20H22O6/c1-23-17-12-15(13-18(24-2)20(17)25-3)6-9-19(22)26-11-10-14-4-7-16(21)8-5-14/h4-9,12-13,21H,10-11H2,1-3H3/b9-6+. The Hall–Kier alpha value is -3.15. The minimum Gasteiger partial charge on any atom is -0.508 e. The number of hydrogen-bond acceptors (Lipinski definition) is 6. The number of benzene rings is 2. The molecule has 6 nitrogen and oxygen atoms in total. The Morgan fingerprint density at radius 1 is 1.00 bits per heavy atom. The van der Waals surface area contributed by atoms with Crippen LogP contribution in [0.15, 0.2) is 42.5 Å². The van der Waals surface area contributed by atoms with Crippen molar-refractivity contribution >= 4 is 12.0 Å². The molecule has 0 radical (unpaired) electrons. The Morgan fingerprint density at radius 2 is 1.62 bits per heavy atom. The van der Waals surface area contributed by atoms with Crippen molar-refractivity contribution in [2.24, 2.45) is 0 Å². The molecule has 2 rings (SSSR count). The fourth-order valence-electron chi connectivity index (χ4n) is 2.34. The Morgan fingerprint density at radius 3 is 2.15 bits per heavy atom. The minimum absolute atomic E-state index is 0.207. The summed E-state index contributed by atoms with van der Waals surface area (Å²) in [6.45, 7) is 0.253. The highest BCUT2D eigenvalue weighted by molar-refractivity contribution is 5.87. The molecule has 0 amide bonds. The molecule has 0 unspecified atom stereocenters. The van der Waals surface area contributed by atoms with Gasteiger partial charge in [0.2, 0.25) is 5.75 Å². The lowest BCUT2D eigenvalue weighted by molar-refractivity contribution is -0.137. The molecule has 0 fully saturated rings. The van der Waals surface area contributed by atoms with E-state index in [9.17, 15) is 9.90 Å². The predicted octanol–water partition coefficient (Wildman–Crippen LogP) is 3.22. The molecule has 1 N–H and O–H groups in total. The molecule has 138 valence electrons. The van der Waals surface area contributed by atoms with Crippen LogP contribution in [-0.4, -0.2) is 39.0 Å². The van der Waals surface area contributed by atoms with Gasteiger partial charge < -0.3 is 24.1 Å². The van der Waals surface area contributed by atoms with Crippen molar-refractivity contribution in [2.75, 3.05) is 27.9 Å². The molecule has 0 aromatic heterocycles. The van der Waals surface area contributed by atoms with Crippen LogP contribution in [0.4, 0.5) is 0 Å². The molecule has 2 aromatic carbocycles. The first-order valence-electron chi connectivity index (χ1n) is 8.00. The molecule has 0 saturated carbocycles. The van der Waals surface area contributed by atoms with Gasteiger partial charge in [-0.15, -0.1) is 0 Å². The second-order valence-electron chi connectivity index (χ2n) is 5.38. The third-order valence-corrected chi connectivity index (χ3v) is 3.67. The molecule has 6 heteroatoms. The van der Waals surface area contributed by atoms with E-state index >= 15 is 0 Å². The van der Waals surface area contributed by atoms with Crippen LogP contribution in [0.25, 0.3) is 6.08 Å². The Balaban J connectivity index is 1.95. The van der Waals surface area contributed by atoms with E-state index in [-0.39, 0.29) is 12.4 Å². The topological polar surface area (TPSA) is 74.2 Å². The van der Waals surface area contributed by atoms with Crippen molar-refractivity contribution in [3.63, 3.8) is 0 Å². The Kier molecular flexibility index (Phi) is 6.91. The van der Waals surface area contributed by atoms with Gasteiger partial charge in [-0.3, -0.25) is 0 Å². The van der Waals surface area contributed by atoms with Gasteiger partial charge in [0.1, 0.15) is 5.75 Å². The van der Waals surface area contributed by atoms with Gasteiger partial charge in [0, 0.05) is 12.5 Å². The van der Waals surface area contributed by atoms with Crippen LogP contribution in [0.3, 0.4) is 0 Å². The molecule has 0 bridgehead atoms. The monoisotopic (exact) mass is 358 g/mol. The quantitative estimate of drug-likeness (QED) is 0.577. The Labute approximate surface area is 152 Å². The fourth-order valence-corrected chi connectivity index (χ4v) is 2.34. The maximum Gasteiger partial charge on any atom is 0.330 e. The lowest BCUT2D eigenvalue weighted by Crippen LogP contribution is -2.04. The summed E-state index contributed by atoms with van der Waals surface area (Å²) in [5.41, 5.74) is 1.69. The van der Waals surface area contributed by atoms with Crippen LogP contribution in [0.5, 0.6) is 23.0 Å². The first kappa shape index (κ1) is 19.2. The van der Waals surface area contributed by atoms with Crippen molar-refractivity contribution in [1.82, 2.24) is 0 Å². The SMILES string of the molecule is COc1cc(/C=C/C(=O)OCCc2ccc(O)cc2)cc(OC)c1OC. The third-order valence-electron chi connectivity index (χ3n) is 3.67. The summed E-state index contributed by atoms with van der Waals surface area (Å²) in [5, 5.41) is 9.24. The van der Waals surface area contributed by atoms with Crippen molar-refractivity contribution in [2.45, 2.75) is 6.42 Å². The first-order chi connectivity index (χ1) is 12.6. The summed E-state index contributed by atoms with van der Waals surface area (Å²) in [5.74, 6) is 1.26. The summed E-state index contributed by atoms with van der Waals surface area (Å²) in [4.78, 5) is 11.9. The highest BCUT2D eigenvalue weighted by Gasteiger charge is 2.12. The van der Waals surface area contributed by atoms with E-state index in [1.807, 2.05) is 0 Å². The molecular formula is C20H22O6. The van der Waals surface area contributed by atoms with Crippen LogP contribution >= 0.6 is 0 Å². The maximum absolute atomic E-state index is 11.9. The summed E-state index contributed by atoms with van der Waals surface area (Å²) in [7, 11) is 4.59. The number of aromatic hydroxyl groups is 1. The van der Waals surface area contributed by atoms with Crippen LogP contribution in [0.1, 0.15) is 11.1 Å². The number of phenols is 1. The fraction of sp³-hybridized carbons (Fsp3) is 0.250. The first-order valence-corrected chi connectivity index (χ1v) is 8.00. The van der Waals surface area contributed by atoms with Crippen molar-refractivity contribution < 1.29 is 28.8 Å². The second kappa shape index (κ2) is 9.36. The summed E-state index contributed by atoms with van der Waals surface area (Å²) in [6, 6.07) is 10.2. The molecule has 0 heterocycles. The smallest absolute Gasteiger partial charge is 0.330 e. The summed E-state index contributed by atoms with van der Waals surface area (Å²) in [6.07, 6.45) is 3.54. The third kappa shape index (κ3) is 5.17. The van der Waals surface area contributed by atoms with Gasteiger partial charge in [-0.05, 0) is 41.5 Å². The lowest BCUT2D eigenvalue weighted by atomic mass is 10.1. The molecule has 0 aliphatic heterocycles. The van der Waals surface area contributed by atoms with Crippen LogP contribution in [-0.2, 0) is 16.0 Å². The molecule has 0 saturated heterocycles. The predicted molar refractivity (Wildman–Crippen MR) is 97.9 cm³/mol. The number of phenolic OH excluding ortho intramolecular Hbond substituents is 1. The van der Waals surface area contributed by atoms with Crippen LogP contribution < -0.4 is 14.2 Å². The number of carbonyl (C=O) groups excluding carboxylic acids is 1. The number of ether oxygens (including phenoxy) is 4. The number of rotatable bonds is 8. The van der Waals surface area contributed by atoms with Gasteiger partial charge in [0.05, 0.1) is 27.9 Å². The molecule has 2 aromatic rings. The molecule has 0 spiro atoms. The zero-order valence-corrected chi connectivity index (χ0v) is 15.0. The Bertz CT molecular complexity index is 739. The largest absolute Gasteiger partial charge is 0.508 e. The average Bonchev–Trinajstić information content (AvgIpc) is 2.66. The van der Waals surface area contributed by atoms with E-state index in [1.165, 1.54) is 27.4 Å². The van der Waals surface area contributed by atoms with Gasteiger partial charge in [-0.25, -0.2) is 4.79 Å². The zero-order valence-electron chi connectivity index (χ0n) is 15.0. The van der Waals surface area contributed by atoms with E-state index in [0.717, 1.165) is 11.1 Å². The van der Waals surface area contributed by atoms with E-state index < -0.39 is 5.97 Å². The molecule has 0 aliphatic carbocycles. The highest BCUT2D eigenvalue weighted by atomic mass is 16.5. The van der Waals surface area contributed by atoms with E-state index in [2.05, 4.69) is 0 Å². The summed E-state index contributed by atoms with van der Waals surface area (Å²) < 4.78 is 21.0. The number of hydrogen-bond donors (Lipinski definition) is 1. The highest BCUT2D eigenvalue weighted by Crippen LogP contribution is 2.38. The number of esters is 1. The van der Waals surface area contributed by atoms with Gasteiger partial charge in [0.25, 0.3) is 0 Å². The van der Waals surface area contributed by atoms with Crippen molar-refractivity contribution in [1.29, 1.82) is 0 Å². The molecule has 26 heavy (non-hydrogen) atoms. The number of carbonyl (C=O) groups is 1. The average molecular weight is 358 g/mol. The summed E-state index contributed by atoms with van der Waals surface area (Å²) >= 11 is 0. The van der Waals surface area contributed by atoms with E-state index in [0.29, 0.717) is 23.7 Å². The van der Waals surface area contributed by atoms with Gasteiger partial charge in [-0.2, -0.15) is 0 Å². The lowest BCUT2D eigenvalue weighted by Gasteiger charge is -2.12. The molecule has 0 aliphatic rings. The van der Waals surface area contributed by atoms with Crippen LogP contribution in [0, 0.1) is 0 Å². The minimum atomic E-state index is -0.447.